The van der Waals surface area contributed by atoms with Gasteiger partial charge in [0.05, 0.1) is 12.0 Å². The van der Waals surface area contributed by atoms with Crippen LogP contribution < -0.4 is 4.74 Å². The summed E-state index contributed by atoms with van der Waals surface area (Å²) in [6.07, 6.45) is 7.58. The highest BCUT2D eigenvalue weighted by molar-refractivity contribution is 7.89. The van der Waals surface area contributed by atoms with Crippen molar-refractivity contribution >= 4 is 15.9 Å². The summed E-state index contributed by atoms with van der Waals surface area (Å²) in [5, 5.41) is 0. The van der Waals surface area contributed by atoms with E-state index in [4.69, 9.17) is 4.74 Å². The fraction of sp³-hybridized carbons (Fsp3) is 0.682. The Hall–Kier alpha value is -1.60. The Morgan fingerprint density at radius 3 is 2.24 bits per heavy atom. The number of ether oxygens (including phenoxy) is 1. The van der Waals surface area contributed by atoms with Gasteiger partial charge in [-0.3, -0.25) is 4.79 Å². The number of likely N-dealkylation sites (tertiary alicyclic amines) is 1. The molecule has 3 aliphatic rings. The monoisotopic (exact) mass is 420 g/mol. The lowest BCUT2D eigenvalue weighted by Crippen LogP contribution is -2.49. The molecule has 2 saturated heterocycles. The van der Waals surface area contributed by atoms with E-state index in [2.05, 4.69) is 4.90 Å². The van der Waals surface area contributed by atoms with Gasteiger partial charge in [-0.1, -0.05) is 19.3 Å². The molecule has 0 radical (unpaired) electrons. The number of methoxy groups -OCH3 is 1. The average molecular weight is 421 g/mol. The van der Waals surface area contributed by atoms with Gasteiger partial charge in [0.15, 0.2) is 0 Å². The molecule has 2 heterocycles. The van der Waals surface area contributed by atoms with Crippen LogP contribution in [0.2, 0.25) is 0 Å². The minimum absolute atomic E-state index is 0.0440. The number of carbonyl (C=O) groups is 1. The number of amides is 1. The van der Waals surface area contributed by atoms with Crippen molar-refractivity contribution in [2.24, 2.45) is 17.8 Å². The Kier molecular flexibility index (Phi) is 6.16. The van der Waals surface area contributed by atoms with E-state index < -0.39 is 10.0 Å². The molecule has 0 aromatic heterocycles. The van der Waals surface area contributed by atoms with Gasteiger partial charge in [0.25, 0.3) is 0 Å². The lowest BCUT2D eigenvalue weighted by molar-refractivity contribution is -0.139. The van der Waals surface area contributed by atoms with Crippen LogP contribution >= 0.6 is 0 Å². The van der Waals surface area contributed by atoms with Crippen LogP contribution in [0.3, 0.4) is 0 Å². The summed E-state index contributed by atoms with van der Waals surface area (Å²) in [5.41, 5.74) is 0. The van der Waals surface area contributed by atoms with E-state index in [0.717, 1.165) is 25.4 Å². The summed E-state index contributed by atoms with van der Waals surface area (Å²) >= 11 is 0. The summed E-state index contributed by atoms with van der Waals surface area (Å²) in [6, 6.07) is 6.50. The van der Waals surface area contributed by atoms with Crippen LogP contribution in [0.25, 0.3) is 0 Å². The number of sulfonamides is 1. The van der Waals surface area contributed by atoms with Crippen molar-refractivity contribution in [3.8, 4) is 5.75 Å². The molecule has 7 heteroatoms. The minimum Gasteiger partial charge on any atom is -0.497 e. The quantitative estimate of drug-likeness (QED) is 0.751. The normalized spacial score (nSPS) is 26.7. The molecule has 0 N–H and O–H groups in total. The van der Waals surface area contributed by atoms with Crippen LogP contribution in [0, 0.1) is 17.8 Å². The SMILES string of the molecule is COc1ccc(S(=O)(=O)N2CCC(C(=O)N3CC[C@@H]4CCCC[C@@H]4C3)CC2)cc1. The van der Waals surface area contributed by atoms with Gasteiger partial charge in [-0.2, -0.15) is 4.31 Å². The molecule has 160 valence electrons. The number of fused-ring (bicyclic) bond motifs is 1. The Morgan fingerprint density at radius 2 is 1.59 bits per heavy atom. The number of carbonyl (C=O) groups excluding carboxylic acids is 1. The zero-order chi connectivity index (χ0) is 20.4. The maximum atomic E-state index is 13.1. The summed E-state index contributed by atoms with van der Waals surface area (Å²) in [4.78, 5) is 15.4. The molecule has 29 heavy (non-hydrogen) atoms. The average Bonchev–Trinajstić information content (AvgIpc) is 2.78. The third-order valence-corrected chi connectivity index (χ3v) is 9.02. The molecule has 1 aromatic rings. The highest BCUT2D eigenvalue weighted by atomic mass is 32.2. The second-order valence-corrected chi connectivity index (χ2v) is 10.7. The largest absolute Gasteiger partial charge is 0.497 e. The van der Waals surface area contributed by atoms with E-state index >= 15 is 0 Å². The van der Waals surface area contributed by atoms with Crippen molar-refractivity contribution < 1.29 is 17.9 Å². The topological polar surface area (TPSA) is 66.9 Å². The van der Waals surface area contributed by atoms with E-state index in [1.54, 1.807) is 31.4 Å². The summed E-state index contributed by atoms with van der Waals surface area (Å²) in [7, 11) is -1.97. The molecule has 2 atom stereocenters. The highest BCUT2D eigenvalue weighted by Gasteiger charge is 2.37. The number of rotatable bonds is 4. The molecule has 1 aromatic carbocycles. The minimum atomic E-state index is -3.52. The van der Waals surface area contributed by atoms with Gasteiger partial charge in [-0.05, 0) is 61.8 Å². The van der Waals surface area contributed by atoms with Crippen molar-refractivity contribution in [1.82, 2.24) is 9.21 Å². The predicted molar refractivity (Wildman–Crippen MR) is 111 cm³/mol. The van der Waals surface area contributed by atoms with Crippen molar-refractivity contribution in [2.75, 3.05) is 33.3 Å². The third kappa shape index (κ3) is 4.31. The maximum absolute atomic E-state index is 13.1. The molecule has 2 aliphatic heterocycles. The zero-order valence-corrected chi connectivity index (χ0v) is 18.1. The first kappa shape index (κ1) is 20.7. The number of hydrogen-bond acceptors (Lipinski definition) is 4. The lowest BCUT2D eigenvalue weighted by atomic mass is 9.75. The Labute approximate surface area is 174 Å². The summed E-state index contributed by atoms with van der Waals surface area (Å²) in [5.74, 6) is 2.32. The number of piperidine rings is 2. The number of hydrogen-bond donors (Lipinski definition) is 0. The second kappa shape index (κ2) is 8.64. The van der Waals surface area contributed by atoms with Crippen molar-refractivity contribution in [1.29, 1.82) is 0 Å². The van der Waals surface area contributed by atoms with Gasteiger partial charge in [0.1, 0.15) is 5.75 Å². The van der Waals surface area contributed by atoms with Crippen molar-refractivity contribution in [2.45, 2.75) is 49.8 Å². The van der Waals surface area contributed by atoms with Crippen LogP contribution in [-0.4, -0.2) is 56.8 Å². The van der Waals surface area contributed by atoms with E-state index in [9.17, 15) is 13.2 Å². The van der Waals surface area contributed by atoms with Crippen LogP contribution in [0.1, 0.15) is 44.9 Å². The van der Waals surface area contributed by atoms with Crippen LogP contribution in [0.4, 0.5) is 0 Å². The van der Waals surface area contributed by atoms with E-state index in [1.165, 1.54) is 30.0 Å². The smallest absolute Gasteiger partial charge is 0.243 e. The molecule has 1 aliphatic carbocycles. The Bertz CT molecular complexity index is 816. The standard InChI is InChI=1S/C22H32N2O4S/c1-28-20-6-8-21(9-7-20)29(26,27)24-14-11-18(12-15-24)22(25)23-13-10-17-4-2-3-5-19(17)16-23/h6-9,17-19H,2-5,10-16H2,1H3/t17-,19+/m0/s1. The van der Waals surface area contributed by atoms with Crippen LogP contribution in [0.5, 0.6) is 5.75 Å². The highest BCUT2D eigenvalue weighted by Crippen LogP contribution is 2.37. The molecule has 4 rings (SSSR count). The predicted octanol–water partition coefficient (Wildman–Crippen LogP) is 3.13. The van der Waals surface area contributed by atoms with Crippen LogP contribution in [0.15, 0.2) is 29.2 Å². The number of nitrogens with zero attached hydrogens (tertiary/aromatic N) is 2. The van der Waals surface area contributed by atoms with Gasteiger partial charge < -0.3 is 9.64 Å². The third-order valence-electron chi connectivity index (χ3n) is 7.10. The first-order valence-electron chi connectivity index (χ1n) is 10.9. The molecule has 0 unspecified atom stereocenters. The van der Waals surface area contributed by atoms with E-state index in [-0.39, 0.29) is 16.7 Å². The number of benzene rings is 1. The van der Waals surface area contributed by atoms with Gasteiger partial charge in [-0.25, -0.2) is 8.42 Å². The van der Waals surface area contributed by atoms with Gasteiger partial charge in [0.2, 0.25) is 15.9 Å². The molecular weight excluding hydrogens is 388 g/mol. The van der Waals surface area contributed by atoms with Gasteiger partial charge in [-0.15, -0.1) is 0 Å². The molecule has 1 saturated carbocycles. The van der Waals surface area contributed by atoms with E-state index in [1.807, 2.05) is 0 Å². The summed E-state index contributed by atoms with van der Waals surface area (Å²) < 4.78 is 32.5. The van der Waals surface area contributed by atoms with E-state index in [0.29, 0.717) is 37.6 Å². The fourth-order valence-electron chi connectivity index (χ4n) is 5.30. The molecule has 0 spiro atoms. The molecule has 6 nitrogen and oxygen atoms in total. The lowest BCUT2D eigenvalue weighted by Gasteiger charge is -2.43. The molecule has 1 amide bonds. The first-order valence-corrected chi connectivity index (χ1v) is 12.4. The molecular formula is C22H32N2O4S. The van der Waals surface area contributed by atoms with Crippen molar-refractivity contribution in [3.05, 3.63) is 24.3 Å². The summed E-state index contributed by atoms with van der Waals surface area (Å²) in [6.45, 7) is 2.60. The Balaban J connectivity index is 1.34. The first-order chi connectivity index (χ1) is 14.0. The Morgan fingerprint density at radius 1 is 0.931 bits per heavy atom. The molecule has 0 bridgehead atoms. The maximum Gasteiger partial charge on any atom is 0.243 e. The van der Waals surface area contributed by atoms with Gasteiger partial charge in [0, 0.05) is 32.1 Å². The van der Waals surface area contributed by atoms with Crippen molar-refractivity contribution in [3.63, 3.8) is 0 Å². The van der Waals surface area contributed by atoms with Crippen LogP contribution in [-0.2, 0) is 14.8 Å². The molecule has 3 fully saturated rings. The zero-order valence-electron chi connectivity index (χ0n) is 17.3. The van der Waals surface area contributed by atoms with Gasteiger partial charge >= 0.3 is 0 Å². The second-order valence-electron chi connectivity index (χ2n) is 8.73. The fourth-order valence-corrected chi connectivity index (χ4v) is 6.77.